The molecule has 0 aromatic heterocycles. The highest BCUT2D eigenvalue weighted by Gasteiger charge is 2.49. The molecule has 188 valence electrons. The molecule has 2 aromatic carbocycles. The third kappa shape index (κ3) is 5.46. The highest BCUT2D eigenvalue weighted by atomic mass is 32.2. The van der Waals surface area contributed by atoms with Gasteiger partial charge in [0.2, 0.25) is 0 Å². The monoisotopic (exact) mass is 506 g/mol. The number of alkyl halides is 3. The molecule has 0 aliphatic heterocycles. The van der Waals surface area contributed by atoms with Crippen LogP contribution in [-0.4, -0.2) is 32.1 Å². The maximum atomic E-state index is 14.9. The minimum absolute atomic E-state index is 0.0100. The number of esters is 1. The summed E-state index contributed by atoms with van der Waals surface area (Å²) in [7, 11) is -6.15. The van der Waals surface area contributed by atoms with Crippen molar-refractivity contribution in [1.29, 1.82) is 0 Å². The predicted molar refractivity (Wildman–Crippen MR) is 116 cm³/mol. The molecule has 34 heavy (non-hydrogen) atoms. The van der Waals surface area contributed by atoms with Crippen LogP contribution in [0.3, 0.4) is 0 Å². The van der Waals surface area contributed by atoms with Gasteiger partial charge in [-0.3, -0.25) is 0 Å². The van der Waals surface area contributed by atoms with E-state index in [1.54, 1.807) is 20.8 Å². The van der Waals surface area contributed by atoms with Crippen molar-refractivity contribution in [3.05, 3.63) is 40.7 Å². The Morgan fingerprint density at radius 2 is 1.76 bits per heavy atom. The zero-order valence-electron chi connectivity index (χ0n) is 19.4. The van der Waals surface area contributed by atoms with Crippen molar-refractivity contribution in [2.45, 2.75) is 70.6 Å². The number of halogens is 4. The fourth-order valence-corrected chi connectivity index (χ4v) is 4.13. The lowest BCUT2D eigenvalue weighted by molar-refractivity contribution is -0.167. The molecule has 0 heterocycles. The zero-order valence-corrected chi connectivity index (χ0v) is 20.2. The Balaban J connectivity index is 2.35. The molecule has 11 heteroatoms. The largest absolute Gasteiger partial charge is 0.534 e. The summed E-state index contributed by atoms with van der Waals surface area (Å²) < 4.78 is 94.1. The van der Waals surface area contributed by atoms with E-state index < -0.39 is 44.9 Å². The summed E-state index contributed by atoms with van der Waals surface area (Å²) in [6.07, 6.45) is -0.0837. The van der Waals surface area contributed by atoms with Crippen LogP contribution in [0.2, 0.25) is 0 Å². The summed E-state index contributed by atoms with van der Waals surface area (Å²) in [5.74, 6) is -2.49. The molecule has 1 aliphatic carbocycles. The van der Waals surface area contributed by atoms with E-state index in [0.29, 0.717) is 5.56 Å². The lowest BCUT2D eigenvalue weighted by atomic mass is 9.94. The van der Waals surface area contributed by atoms with Gasteiger partial charge in [0.1, 0.15) is 5.82 Å². The van der Waals surface area contributed by atoms with E-state index in [4.69, 9.17) is 9.47 Å². The number of ether oxygens (including phenoxy) is 2. The summed E-state index contributed by atoms with van der Waals surface area (Å²) in [5.41, 5.74) is -6.42. The summed E-state index contributed by atoms with van der Waals surface area (Å²) in [6.45, 7) is 7.74. The number of fused-ring (bicyclic) bond motifs is 1. The molecule has 2 aromatic rings. The molecule has 0 saturated heterocycles. The SMILES string of the molecule is CCOC(=O)C(OC(C)(C)C)c1c(C)cc2cc(C3CC3)c(F)cc2c1OS(=O)(=O)C(F)(F)F. The average Bonchev–Trinajstić information content (AvgIpc) is 3.50. The van der Waals surface area contributed by atoms with E-state index >= 15 is 0 Å². The smallest absolute Gasteiger partial charge is 0.464 e. The van der Waals surface area contributed by atoms with Gasteiger partial charge in [-0.1, -0.05) is 6.07 Å². The van der Waals surface area contributed by atoms with Crippen molar-refractivity contribution in [1.82, 2.24) is 0 Å². The zero-order chi connectivity index (χ0) is 25.6. The first-order chi connectivity index (χ1) is 15.6. The first-order valence-corrected chi connectivity index (χ1v) is 12.1. The average molecular weight is 507 g/mol. The number of benzene rings is 2. The van der Waals surface area contributed by atoms with Gasteiger partial charge in [0.25, 0.3) is 0 Å². The molecule has 1 atom stereocenters. The van der Waals surface area contributed by atoms with Gasteiger partial charge in [-0.15, -0.1) is 0 Å². The van der Waals surface area contributed by atoms with Crippen LogP contribution in [0.1, 0.15) is 69.2 Å². The molecule has 0 amide bonds. The number of aryl methyl sites for hydroxylation is 1. The van der Waals surface area contributed by atoms with Gasteiger partial charge in [-0.25, -0.2) is 9.18 Å². The van der Waals surface area contributed by atoms with Gasteiger partial charge in [0, 0.05) is 10.9 Å². The molecule has 1 aliphatic rings. The van der Waals surface area contributed by atoms with Crippen molar-refractivity contribution < 1.29 is 44.4 Å². The maximum Gasteiger partial charge on any atom is 0.534 e. The van der Waals surface area contributed by atoms with E-state index in [2.05, 4.69) is 4.18 Å². The summed E-state index contributed by atoms with van der Waals surface area (Å²) in [5, 5.41) is 0.0393. The van der Waals surface area contributed by atoms with Crippen molar-refractivity contribution >= 4 is 26.9 Å². The molecule has 6 nitrogen and oxygen atoms in total. The topological polar surface area (TPSA) is 78.9 Å². The van der Waals surface area contributed by atoms with Crippen LogP contribution >= 0.6 is 0 Å². The quantitative estimate of drug-likeness (QED) is 0.204. The highest BCUT2D eigenvalue weighted by molar-refractivity contribution is 7.88. The van der Waals surface area contributed by atoms with Crippen molar-refractivity contribution in [3.63, 3.8) is 0 Å². The number of rotatable bonds is 7. The number of carbonyl (C=O) groups excluding carboxylic acids is 1. The van der Waals surface area contributed by atoms with E-state index in [1.807, 2.05) is 0 Å². The summed E-state index contributed by atoms with van der Waals surface area (Å²) in [4.78, 5) is 12.8. The fraction of sp³-hybridized carbons (Fsp3) is 0.522. The Bertz CT molecular complexity index is 1210. The fourth-order valence-electron chi connectivity index (χ4n) is 3.64. The van der Waals surface area contributed by atoms with E-state index in [9.17, 15) is 30.8 Å². The van der Waals surface area contributed by atoms with Crippen LogP contribution in [0.15, 0.2) is 18.2 Å². The highest BCUT2D eigenvalue weighted by Crippen LogP contribution is 2.46. The summed E-state index contributed by atoms with van der Waals surface area (Å²) in [6, 6.07) is 3.93. The standard InChI is InChI=1S/C23H26F4O6S/c1-6-31-21(28)20(32-22(3,4)5)18-12(2)9-14-10-15(13-7-8-13)17(24)11-16(14)19(18)33-34(29,30)23(25,26)27/h9-11,13,20H,6-8H2,1-5H3. The minimum Gasteiger partial charge on any atom is -0.464 e. The molecule has 1 unspecified atom stereocenters. The Morgan fingerprint density at radius 3 is 2.26 bits per heavy atom. The molecule has 0 N–H and O–H groups in total. The van der Waals surface area contributed by atoms with Gasteiger partial charge < -0.3 is 13.7 Å². The van der Waals surface area contributed by atoms with E-state index in [1.165, 1.54) is 26.0 Å². The van der Waals surface area contributed by atoms with Crippen molar-refractivity contribution in [3.8, 4) is 5.75 Å². The van der Waals surface area contributed by atoms with Crippen LogP contribution in [0, 0.1) is 12.7 Å². The van der Waals surface area contributed by atoms with Crippen LogP contribution in [0.5, 0.6) is 5.75 Å². The predicted octanol–water partition coefficient (Wildman–Crippen LogP) is 5.81. The Labute approximate surface area is 195 Å². The van der Waals surface area contributed by atoms with Crippen LogP contribution in [0.25, 0.3) is 10.8 Å². The second-order valence-electron chi connectivity index (χ2n) is 9.15. The molecule has 0 spiro atoms. The first kappa shape index (κ1) is 26.2. The van der Waals surface area contributed by atoms with Crippen LogP contribution in [-0.2, 0) is 24.4 Å². The van der Waals surface area contributed by atoms with Gasteiger partial charge in [0.05, 0.1) is 12.2 Å². The lowest BCUT2D eigenvalue weighted by Crippen LogP contribution is -2.31. The molecule has 0 radical (unpaired) electrons. The van der Waals surface area contributed by atoms with E-state index in [-0.39, 0.29) is 34.4 Å². The second-order valence-corrected chi connectivity index (χ2v) is 10.7. The number of hydrogen-bond donors (Lipinski definition) is 0. The van der Waals surface area contributed by atoms with Gasteiger partial charge in [0.15, 0.2) is 11.9 Å². The molecule has 3 rings (SSSR count). The number of hydrogen-bond acceptors (Lipinski definition) is 6. The third-order valence-electron chi connectivity index (χ3n) is 5.18. The molecular formula is C23H26F4O6S. The summed E-state index contributed by atoms with van der Waals surface area (Å²) >= 11 is 0. The van der Waals surface area contributed by atoms with E-state index in [0.717, 1.165) is 18.9 Å². The molecule has 1 saturated carbocycles. The maximum absolute atomic E-state index is 14.9. The van der Waals surface area contributed by atoms with Crippen LogP contribution < -0.4 is 4.18 Å². The normalized spacial score (nSPS) is 15.9. The molecule has 0 bridgehead atoms. The third-order valence-corrected chi connectivity index (χ3v) is 6.14. The molecule has 1 fully saturated rings. The molecular weight excluding hydrogens is 480 g/mol. The van der Waals surface area contributed by atoms with Gasteiger partial charge in [-0.05, 0) is 82.0 Å². The Morgan fingerprint density at radius 1 is 1.15 bits per heavy atom. The van der Waals surface area contributed by atoms with Crippen molar-refractivity contribution in [2.75, 3.05) is 6.61 Å². The minimum atomic E-state index is -6.15. The van der Waals surface area contributed by atoms with Gasteiger partial charge in [-0.2, -0.15) is 21.6 Å². The van der Waals surface area contributed by atoms with Crippen LogP contribution in [0.4, 0.5) is 17.6 Å². The Kier molecular flexibility index (Phi) is 6.93. The van der Waals surface area contributed by atoms with Crippen molar-refractivity contribution in [2.24, 2.45) is 0 Å². The number of carbonyl (C=O) groups is 1. The lowest BCUT2D eigenvalue weighted by Gasteiger charge is -2.29. The first-order valence-electron chi connectivity index (χ1n) is 10.7. The second kappa shape index (κ2) is 8.99. The van der Waals surface area contributed by atoms with Gasteiger partial charge >= 0.3 is 21.6 Å². The Hall–Kier alpha value is -2.40.